The third-order valence-electron chi connectivity index (χ3n) is 2.99. The predicted molar refractivity (Wildman–Crippen MR) is 66.9 cm³/mol. The smallest absolute Gasteiger partial charge is 0.232 e. The van der Waals surface area contributed by atoms with E-state index in [9.17, 15) is 0 Å². The Labute approximate surface area is 104 Å². The predicted octanol–water partition coefficient (Wildman–Crippen LogP) is 2.48. The molecule has 0 radical (unpaired) electrons. The fourth-order valence-corrected chi connectivity index (χ4v) is 2.17. The van der Waals surface area contributed by atoms with Crippen LogP contribution < -0.4 is 9.64 Å². The fraction of sp³-hybridized carbons (Fsp3) is 0.636. The van der Waals surface area contributed by atoms with Crippen molar-refractivity contribution in [1.82, 2.24) is 9.97 Å². The van der Waals surface area contributed by atoms with Gasteiger partial charge in [0, 0.05) is 13.6 Å². The maximum atomic E-state index is 5.16. The molecule has 88 valence electrons. The van der Waals surface area contributed by atoms with Crippen LogP contribution in [-0.2, 0) is 0 Å². The molecule has 1 aromatic heterocycles. The van der Waals surface area contributed by atoms with Crippen LogP contribution in [0.2, 0.25) is 0 Å². The van der Waals surface area contributed by atoms with Crippen LogP contribution in [0.5, 0.6) is 5.88 Å². The molecule has 0 aromatic carbocycles. The highest BCUT2D eigenvalue weighted by Gasteiger charge is 2.20. The van der Waals surface area contributed by atoms with Crippen LogP contribution in [0.1, 0.15) is 19.3 Å². The fourth-order valence-electron chi connectivity index (χ4n) is 1.81. The Morgan fingerprint density at radius 2 is 2.31 bits per heavy atom. The third kappa shape index (κ3) is 2.45. The lowest BCUT2D eigenvalue weighted by molar-refractivity contribution is 0.320. The molecule has 0 amide bonds. The van der Waals surface area contributed by atoms with E-state index in [0.717, 1.165) is 22.9 Å². The second-order valence-corrected chi connectivity index (χ2v) is 5.06. The van der Waals surface area contributed by atoms with E-state index in [-0.39, 0.29) is 0 Å². The summed E-state index contributed by atoms with van der Waals surface area (Å²) in [6.07, 6.45) is 5.76. The van der Waals surface area contributed by atoms with Crippen LogP contribution in [0, 0.1) is 5.92 Å². The van der Waals surface area contributed by atoms with Crippen molar-refractivity contribution in [3.8, 4) is 5.88 Å². The van der Waals surface area contributed by atoms with E-state index in [2.05, 4.69) is 30.8 Å². The Kier molecular flexibility index (Phi) is 3.63. The quantitative estimate of drug-likeness (QED) is 0.852. The van der Waals surface area contributed by atoms with Crippen molar-refractivity contribution in [2.45, 2.75) is 19.3 Å². The number of rotatable bonds is 4. The lowest BCUT2D eigenvalue weighted by Crippen LogP contribution is -2.30. The monoisotopic (exact) mass is 285 g/mol. The second kappa shape index (κ2) is 4.99. The number of methoxy groups -OCH3 is 1. The van der Waals surface area contributed by atoms with Gasteiger partial charge in [-0.25, -0.2) is 4.98 Å². The lowest BCUT2D eigenvalue weighted by atomic mass is 9.85. The van der Waals surface area contributed by atoms with Gasteiger partial charge >= 0.3 is 0 Å². The normalized spacial score (nSPS) is 15.7. The number of ether oxygens (including phenoxy) is 1. The number of aromatic nitrogens is 2. The maximum Gasteiger partial charge on any atom is 0.232 e. The minimum Gasteiger partial charge on any atom is -0.480 e. The molecule has 0 atom stereocenters. The topological polar surface area (TPSA) is 38.2 Å². The van der Waals surface area contributed by atoms with Gasteiger partial charge in [0.15, 0.2) is 0 Å². The zero-order chi connectivity index (χ0) is 11.5. The second-order valence-electron chi connectivity index (χ2n) is 4.20. The first-order valence-electron chi connectivity index (χ1n) is 5.48. The molecular formula is C11H16BrN3O. The molecule has 4 nitrogen and oxygen atoms in total. The molecule has 0 aliphatic heterocycles. The summed E-state index contributed by atoms with van der Waals surface area (Å²) in [7, 11) is 3.64. The summed E-state index contributed by atoms with van der Waals surface area (Å²) >= 11 is 3.35. The SMILES string of the molecule is COc1nc(N(C)CC2CCC2)ncc1Br. The van der Waals surface area contributed by atoms with Crippen molar-refractivity contribution < 1.29 is 4.74 Å². The molecule has 0 unspecified atom stereocenters. The summed E-state index contributed by atoms with van der Waals surface area (Å²) in [6.45, 7) is 1.03. The van der Waals surface area contributed by atoms with Gasteiger partial charge in [0.2, 0.25) is 11.8 Å². The van der Waals surface area contributed by atoms with Crippen LogP contribution in [-0.4, -0.2) is 30.7 Å². The number of hydrogen-bond acceptors (Lipinski definition) is 4. The molecule has 1 aliphatic rings. The molecule has 1 heterocycles. The third-order valence-corrected chi connectivity index (χ3v) is 3.53. The van der Waals surface area contributed by atoms with Gasteiger partial charge in [0.05, 0.1) is 17.8 Å². The van der Waals surface area contributed by atoms with Gasteiger partial charge in [-0.05, 0) is 34.7 Å². The average Bonchev–Trinajstić information content (AvgIpc) is 2.24. The van der Waals surface area contributed by atoms with E-state index in [4.69, 9.17) is 4.74 Å². The van der Waals surface area contributed by atoms with Gasteiger partial charge in [0.1, 0.15) is 0 Å². The summed E-state index contributed by atoms with van der Waals surface area (Å²) in [4.78, 5) is 10.7. The van der Waals surface area contributed by atoms with E-state index >= 15 is 0 Å². The van der Waals surface area contributed by atoms with Crippen LogP contribution in [0.3, 0.4) is 0 Å². The van der Waals surface area contributed by atoms with E-state index in [1.807, 2.05) is 7.05 Å². The van der Waals surface area contributed by atoms with Crippen LogP contribution in [0.15, 0.2) is 10.7 Å². The molecule has 5 heteroatoms. The summed E-state index contributed by atoms with van der Waals surface area (Å²) in [5.74, 6) is 2.13. The van der Waals surface area contributed by atoms with E-state index in [1.165, 1.54) is 19.3 Å². The van der Waals surface area contributed by atoms with Crippen molar-refractivity contribution in [1.29, 1.82) is 0 Å². The van der Waals surface area contributed by atoms with Crippen molar-refractivity contribution in [2.75, 3.05) is 25.6 Å². The molecule has 1 aliphatic carbocycles. The number of hydrogen-bond donors (Lipinski definition) is 0. The average molecular weight is 286 g/mol. The first-order valence-corrected chi connectivity index (χ1v) is 6.27. The molecule has 0 saturated heterocycles. The van der Waals surface area contributed by atoms with Crippen molar-refractivity contribution >= 4 is 21.9 Å². The molecule has 0 spiro atoms. The molecule has 2 rings (SSSR count). The molecular weight excluding hydrogens is 270 g/mol. The highest BCUT2D eigenvalue weighted by atomic mass is 79.9. The first kappa shape index (κ1) is 11.6. The van der Waals surface area contributed by atoms with Gasteiger partial charge in [-0.1, -0.05) is 6.42 Å². The van der Waals surface area contributed by atoms with Gasteiger partial charge in [-0.3, -0.25) is 0 Å². The van der Waals surface area contributed by atoms with Gasteiger partial charge < -0.3 is 9.64 Å². The molecule has 0 N–H and O–H groups in total. The molecule has 1 fully saturated rings. The van der Waals surface area contributed by atoms with Gasteiger partial charge in [-0.15, -0.1) is 0 Å². The van der Waals surface area contributed by atoms with E-state index in [1.54, 1.807) is 13.3 Å². The zero-order valence-electron chi connectivity index (χ0n) is 9.61. The Morgan fingerprint density at radius 1 is 1.56 bits per heavy atom. The summed E-state index contributed by atoms with van der Waals surface area (Å²) < 4.78 is 5.94. The van der Waals surface area contributed by atoms with Gasteiger partial charge in [-0.2, -0.15) is 4.98 Å². The summed E-state index contributed by atoms with van der Waals surface area (Å²) in [6, 6.07) is 0. The maximum absolute atomic E-state index is 5.16. The Balaban J connectivity index is 2.06. The van der Waals surface area contributed by atoms with Crippen LogP contribution >= 0.6 is 15.9 Å². The summed E-state index contributed by atoms with van der Waals surface area (Å²) in [5.41, 5.74) is 0. The van der Waals surface area contributed by atoms with Crippen molar-refractivity contribution in [3.63, 3.8) is 0 Å². The Bertz CT molecular complexity index is 368. The number of nitrogens with zero attached hydrogens (tertiary/aromatic N) is 3. The van der Waals surface area contributed by atoms with E-state index < -0.39 is 0 Å². The van der Waals surface area contributed by atoms with Crippen molar-refractivity contribution in [2.24, 2.45) is 5.92 Å². The van der Waals surface area contributed by atoms with Crippen LogP contribution in [0.4, 0.5) is 5.95 Å². The Hall–Kier alpha value is -0.840. The molecule has 16 heavy (non-hydrogen) atoms. The van der Waals surface area contributed by atoms with Crippen molar-refractivity contribution in [3.05, 3.63) is 10.7 Å². The minimum atomic E-state index is 0.588. The minimum absolute atomic E-state index is 0.588. The molecule has 0 bridgehead atoms. The van der Waals surface area contributed by atoms with E-state index in [0.29, 0.717) is 5.88 Å². The van der Waals surface area contributed by atoms with Crippen LogP contribution in [0.25, 0.3) is 0 Å². The lowest BCUT2D eigenvalue weighted by Gasteiger charge is -2.30. The molecule has 1 saturated carbocycles. The first-order chi connectivity index (χ1) is 7.70. The highest BCUT2D eigenvalue weighted by molar-refractivity contribution is 9.10. The van der Waals surface area contributed by atoms with Gasteiger partial charge in [0.25, 0.3) is 0 Å². The summed E-state index contributed by atoms with van der Waals surface area (Å²) in [5, 5.41) is 0. The molecule has 1 aromatic rings. The standard InChI is InChI=1S/C11H16BrN3O/c1-15(7-8-4-3-5-8)11-13-6-9(12)10(14-11)16-2/h6,8H,3-5,7H2,1-2H3. The number of anilines is 1. The zero-order valence-corrected chi connectivity index (χ0v) is 11.2. The largest absolute Gasteiger partial charge is 0.480 e. The number of halogens is 1. The Morgan fingerprint density at radius 3 is 2.88 bits per heavy atom. The highest BCUT2D eigenvalue weighted by Crippen LogP contribution is 2.28.